The maximum Gasteiger partial charge on any atom is 0.317 e. The Bertz CT molecular complexity index is 546. The maximum absolute atomic E-state index is 12.5. The molecule has 1 aromatic carbocycles. The van der Waals surface area contributed by atoms with E-state index in [2.05, 4.69) is 10.2 Å². The van der Waals surface area contributed by atoms with Gasteiger partial charge in [-0.3, -0.25) is 0 Å². The number of nitrogens with zero attached hydrogens (tertiary/aromatic N) is 2. The molecule has 2 saturated heterocycles. The first-order chi connectivity index (χ1) is 11.6. The lowest BCUT2D eigenvalue weighted by molar-refractivity contribution is 0.0490. The summed E-state index contributed by atoms with van der Waals surface area (Å²) in [6.07, 6.45) is 2.38. The molecule has 3 N–H and O–H groups in total. The predicted octanol–water partition coefficient (Wildman–Crippen LogP) is 0.746. The van der Waals surface area contributed by atoms with Gasteiger partial charge >= 0.3 is 6.03 Å². The number of carbonyl (C=O) groups is 1. The van der Waals surface area contributed by atoms with E-state index in [1.54, 1.807) is 4.90 Å². The highest BCUT2D eigenvalue weighted by Crippen LogP contribution is 2.31. The molecule has 2 aliphatic rings. The molecule has 24 heavy (non-hydrogen) atoms. The molecule has 3 rings (SSSR count). The van der Waals surface area contributed by atoms with Gasteiger partial charge in [-0.25, -0.2) is 4.79 Å². The van der Waals surface area contributed by atoms with Crippen molar-refractivity contribution in [3.8, 4) is 0 Å². The molecule has 1 unspecified atom stereocenters. The van der Waals surface area contributed by atoms with Crippen molar-refractivity contribution < 1.29 is 15.0 Å². The molecule has 0 saturated carbocycles. The Morgan fingerprint density at radius 1 is 1.21 bits per heavy atom. The standard InChI is InChI=1S/C18H27N3O3/c22-13-12-20-9-6-16(7-10-20)19-17(23)21-11-8-18(24,14-21)15-4-2-1-3-5-15/h1-5,16,22,24H,6-14H2,(H,19,23). The number of β-amino-alcohol motifs (C(OH)–C–C–N with tert-alkyl or cyclic N) is 2. The fraction of sp³-hybridized carbons (Fsp3) is 0.611. The molecule has 2 fully saturated rings. The Morgan fingerprint density at radius 2 is 1.92 bits per heavy atom. The van der Waals surface area contributed by atoms with Crippen LogP contribution in [-0.2, 0) is 5.60 Å². The van der Waals surface area contributed by atoms with Crippen molar-refractivity contribution in [2.75, 3.05) is 39.3 Å². The number of benzene rings is 1. The number of urea groups is 1. The number of hydrogen-bond acceptors (Lipinski definition) is 4. The number of aliphatic hydroxyl groups excluding tert-OH is 1. The number of rotatable bonds is 4. The number of amides is 2. The monoisotopic (exact) mass is 333 g/mol. The maximum atomic E-state index is 12.5. The third-order valence-corrected chi connectivity index (χ3v) is 5.18. The molecule has 6 heteroatoms. The second-order valence-corrected chi connectivity index (χ2v) is 6.86. The van der Waals surface area contributed by atoms with Gasteiger partial charge in [-0.05, 0) is 24.8 Å². The molecule has 1 atom stereocenters. The van der Waals surface area contributed by atoms with E-state index in [-0.39, 0.29) is 18.7 Å². The summed E-state index contributed by atoms with van der Waals surface area (Å²) in [6.45, 7) is 3.60. The largest absolute Gasteiger partial charge is 0.395 e. The van der Waals surface area contributed by atoms with Gasteiger partial charge in [-0.2, -0.15) is 0 Å². The molecule has 2 amide bonds. The summed E-state index contributed by atoms with van der Waals surface area (Å²) in [7, 11) is 0. The molecular formula is C18H27N3O3. The first-order valence-electron chi connectivity index (χ1n) is 8.77. The van der Waals surface area contributed by atoms with Crippen LogP contribution in [-0.4, -0.2) is 71.4 Å². The van der Waals surface area contributed by atoms with Gasteiger partial charge in [0, 0.05) is 32.2 Å². The highest BCUT2D eigenvalue weighted by atomic mass is 16.3. The van der Waals surface area contributed by atoms with Gasteiger partial charge in [0.05, 0.1) is 13.2 Å². The summed E-state index contributed by atoms with van der Waals surface area (Å²) in [6, 6.07) is 9.68. The van der Waals surface area contributed by atoms with E-state index in [0.29, 0.717) is 26.1 Å². The Morgan fingerprint density at radius 3 is 2.58 bits per heavy atom. The lowest BCUT2D eigenvalue weighted by Gasteiger charge is -2.33. The van der Waals surface area contributed by atoms with E-state index in [9.17, 15) is 9.90 Å². The molecule has 1 aromatic rings. The van der Waals surface area contributed by atoms with E-state index in [1.807, 2.05) is 30.3 Å². The minimum Gasteiger partial charge on any atom is -0.395 e. The van der Waals surface area contributed by atoms with Crippen LogP contribution < -0.4 is 5.32 Å². The van der Waals surface area contributed by atoms with Gasteiger partial charge in [-0.15, -0.1) is 0 Å². The molecule has 0 aliphatic carbocycles. The van der Waals surface area contributed by atoms with Gasteiger partial charge in [-0.1, -0.05) is 30.3 Å². The Balaban J connectivity index is 1.50. The highest BCUT2D eigenvalue weighted by Gasteiger charge is 2.39. The number of likely N-dealkylation sites (tertiary alicyclic amines) is 2. The van der Waals surface area contributed by atoms with Crippen molar-refractivity contribution in [3.63, 3.8) is 0 Å². The summed E-state index contributed by atoms with van der Waals surface area (Å²) >= 11 is 0. The zero-order valence-corrected chi connectivity index (χ0v) is 14.0. The summed E-state index contributed by atoms with van der Waals surface area (Å²) in [5.41, 5.74) is -0.0686. The van der Waals surface area contributed by atoms with Gasteiger partial charge in [0.2, 0.25) is 0 Å². The molecule has 6 nitrogen and oxygen atoms in total. The van der Waals surface area contributed by atoms with E-state index in [4.69, 9.17) is 5.11 Å². The van der Waals surface area contributed by atoms with Crippen LogP contribution in [0.4, 0.5) is 4.79 Å². The SMILES string of the molecule is O=C(NC1CCN(CCO)CC1)N1CCC(O)(c2ccccc2)C1. The zero-order valence-electron chi connectivity index (χ0n) is 14.0. The Hall–Kier alpha value is -1.63. The molecule has 132 valence electrons. The van der Waals surface area contributed by atoms with Crippen LogP contribution in [0.1, 0.15) is 24.8 Å². The van der Waals surface area contributed by atoms with Crippen molar-refractivity contribution in [3.05, 3.63) is 35.9 Å². The Labute approximate surface area is 143 Å². The van der Waals surface area contributed by atoms with E-state index >= 15 is 0 Å². The average Bonchev–Trinajstić information content (AvgIpc) is 3.02. The fourth-order valence-corrected chi connectivity index (χ4v) is 3.66. The predicted molar refractivity (Wildman–Crippen MR) is 91.6 cm³/mol. The third kappa shape index (κ3) is 3.88. The first kappa shape index (κ1) is 17.2. The summed E-state index contributed by atoms with van der Waals surface area (Å²) < 4.78 is 0. The molecule has 2 aliphatic heterocycles. The number of hydrogen-bond donors (Lipinski definition) is 3. The van der Waals surface area contributed by atoms with Crippen LogP contribution >= 0.6 is 0 Å². The lowest BCUT2D eigenvalue weighted by Crippen LogP contribution is -2.49. The summed E-state index contributed by atoms with van der Waals surface area (Å²) in [5.74, 6) is 0. The Kier molecular flexibility index (Phi) is 5.38. The molecule has 0 bridgehead atoms. The van der Waals surface area contributed by atoms with Crippen LogP contribution in [0, 0.1) is 0 Å². The number of piperidine rings is 1. The molecule has 2 heterocycles. The van der Waals surface area contributed by atoms with Gasteiger partial charge in [0.25, 0.3) is 0 Å². The van der Waals surface area contributed by atoms with Gasteiger partial charge in [0.15, 0.2) is 0 Å². The summed E-state index contributed by atoms with van der Waals surface area (Å²) in [4.78, 5) is 16.4. The first-order valence-corrected chi connectivity index (χ1v) is 8.77. The second-order valence-electron chi connectivity index (χ2n) is 6.86. The summed E-state index contributed by atoms with van der Waals surface area (Å²) in [5, 5.41) is 22.9. The normalized spacial score (nSPS) is 25.8. The minimum atomic E-state index is -0.941. The second kappa shape index (κ2) is 7.51. The van der Waals surface area contributed by atoms with Crippen molar-refractivity contribution in [1.29, 1.82) is 0 Å². The number of carbonyl (C=O) groups excluding carboxylic acids is 1. The molecule has 0 spiro atoms. The smallest absolute Gasteiger partial charge is 0.317 e. The number of aliphatic hydroxyl groups is 2. The lowest BCUT2D eigenvalue weighted by atomic mass is 9.93. The van der Waals surface area contributed by atoms with E-state index < -0.39 is 5.60 Å². The fourth-order valence-electron chi connectivity index (χ4n) is 3.66. The average molecular weight is 333 g/mol. The van der Waals surface area contributed by atoms with Crippen LogP contribution in [0.2, 0.25) is 0 Å². The van der Waals surface area contributed by atoms with Crippen LogP contribution in [0.3, 0.4) is 0 Å². The van der Waals surface area contributed by atoms with E-state index in [0.717, 1.165) is 31.5 Å². The minimum absolute atomic E-state index is 0.0811. The van der Waals surface area contributed by atoms with E-state index in [1.165, 1.54) is 0 Å². The van der Waals surface area contributed by atoms with Crippen molar-refractivity contribution >= 4 is 6.03 Å². The highest BCUT2D eigenvalue weighted by molar-refractivity contribution is 5.75. The van der Waals surface area contributed by atoms with Gasteiger partial charge < -0.3 is 25.3 Å². The quantitative estimate of drug-likeness (QED) is 0.760. The molecule has 0 radical (unpaired) electrons. The van der Waals surface area contributed by atoms with Crippen LogP contribution in [0.25, 0.3) is 0 Å². The molecular weight excluding hydrogens is 306 g/mol. The number of nitrogens with one attached hydrogen (secondary N) is 1. The van der Waals surface area contributed by atoms with Crippen LogP contribution in [0.15, 0.2) is 30.3 Å². The van der Waals surface area contributed by atoms with Crippen molar-refractivity contribution in [2.24, 2.45) is 0 Å². The van der Waals surface area contributed by atoms with Crippen molar-refractivity contribution in [1.82, 2.24) is 15.1 Å². The van der Waals surface area contributed by atoms with Crippen LogP contribution in [0.5, 0.6) is 0 Å². The topological polar surface area (TPSA) is 76.0 Å². The molecule has 0 aromatic heterocycles. The van der Waals surface area contributed by atoms with Gasteiger partial charge in [0.1, 0.15) is 5.60 Å². The third-order valence-electron chi connectivity index (χ3n) is 5.18. The van der Waals surface area contributed by atoms with Crippen molar-refractivity contribution in [2.45, 2.75) is 30.9 Å². The zero-order chi connectivity index (χ0) is 17.0.